The summed E-state index contributed by atoms with van der Waals surface area (Å²) < 4.78 is 29.5. The highest BCUT2D eigenvalue weighted by Crippen LogP contribution is 2.40. The third-order valence-corrected chi connectivity index (χ3v) is 8.15. The van der Waals surface area contributed by atoms with Gasteiger partial charge in [0, 0.05) is 49.9 Å². The zero-order chi connectivity index (χ0) is 32.2. The van der Waals surface area contributed by atoms with E-state index in [4.69, 9.17) is 23.4 Å². The molecule has 0 unspecified atom stereocenters. The second kappa shape index (κ2) is 14.2. The minimum Gasteiger partial charge on any atom is -0.507 e. The molecule has 45 heavy (non-hydrogen) atoms. The van der Waals surface area contributed by atoms with Gasteiger partial charge in [0.2, 0.25) is 17.5 Å². The van der Waals surface area contributed by atoms with E-state index in [9.17, 15) is 25.2 Å². The Morgan fingerprint density at radius 1 is 1.09 bits per heavy atom. The molecule has 5 atom stereocenters. The molecule has 2 aliphatic heterocycles. The van der Waals surface area contributed by atoms with Crippen LogP contribution in [-0.2, 0) is 11.2 Å². The van der Waals surface area contributed by atoms with Crippen molar-refractivity contribution in [3.05, 3.63) is 57.8 Å². The van der Waals surface area contributed by atoms with Crippen LogP contribution in [0.5, 0.6) is 23.0 Å². The Kier molecular flexibility index (Phi) is 10.3. The summed E-state index contributed by atoms with van der Waals surface area (Å²) in [4.78, 5) is 16.5. The predicted octanol–water partition coefficient (Wildman–Crippen LogP) is 2.17. The summed E-state index contributed by atoms with van der Waals surface area (Å²) in [7, 11) is 1.53. The largest absolute Gasteiger partial charge is 0.507 e. The first-order valence-corrected chi connectivity index (χ1v) is 15.1. The number of benzene rings is 2. The van der Waals surface area contributed by atoms with E-state index in [1.54, 1.807) is 24.3 Å². The van der Waals surface area contributed by atoms with E-state index in [0.29, 0.717) is 42.2 Å². The summed E-state index contributed by atoms with van der Waals surface area (Å²) in [6.45, 7) is 10.1. The summed E-state index contributed by atoms with van der Waals surface area (Å²) in [5.74, 6) is 0.265. The Labute approximate surface area is 261 Å². The molecule has 2 aliphatic rings. The molecule has 3 heterocycles. The van der Waals surface area contributed by atoms with Crippen molar-refractivity contribution < 1.29 is 43.8 Å². The lowest BCUT2D eigenvalue weighted by atomic mass is 10.00. The molecule has 2 aromatic carbocycles. The van der Waals surface area contributed by atoms with Crippen molar-refractivity contribution in [2.45, 2.75) is 57.9 Å². The summed E-state index contributed by atoms with van der Waals surface area (Å²) >= 11 is 0. The van der Waals surface area contributed by atoms with Crippen LogP contribution in [0.3, 0.4) is 0 Å². The van der Waals surface area contributed by atoms with Gasteiger partial charge in [-0.05, 0) is 51.5 Å². The third-order valence-electron chi connectivity index (χ3n) is 8.15. The fourth-order valence-corrected chi connectivity index (χ4v) is 5.47. The first kappa shape index (κ1) is 32.7. The number of aliphatic hydroxyl groups excluding tert-OH is 3. The summed E-state index contributed by atoms with van der Waals surface area (Å²) in [5.41, 5.74) is 1.47. The smallest absolute Gasteiger partial charge is 0.239 e. The third kappa shape index (κ3) is 7.11. The van der Waals surface area contributed by atoms with Gasteiger partial charge >= 0.3 is 0 Å². The fraction of sp³-hybridized carbons (Fsp3) is 0.485. The van der Waals surface area contributed by atoms with Crippen LogP contribution < -0.4 is 25.0 Å². The second-order valence-corrected chi connectivity index (χ2v) is 11.6. The minimum atomic E-state index is -1.68. The normalized spacial score (nSPS) is 23.9. The number of phenols is 1. The average molecular weight is 627 g/mol. The molecule has 3 aromatic rings. The number of piperazine rings is 1. The standard InChI is InChI=1S/C33H42N2O10/c1-18(2)5-10-22-24(42-16-15-35-13-11-34-12-14-35)17-23(36)25-27(38)32(45-33-29(40)28(39)26(37)19(3)43-33)30(44-31(22)25)20-6-8-21(41-4)9-7-20/h5-9,17,19,26,28-29,33-34,36-37,39-40H,10-16H2,1-4H3/t19-,26-,28+,29+,33-/m1/s1. The average Bonchev–Trinajstić information content (AvgIpc) is 3.03. The van der Waals surface area contributed by atoms with Crippen LogP contribution in [0, 0.1) is 0 Å². The molecule has 2 saturated heterocycles. The van der Waals surface area contributed by atoms with Crippen LogP contribution in [0.15, 0.2) is 51.2 Å². The van der Waals surface area contributed by atoms with Gasteiger partial charge in [0.25, 0.3) is 0 Å². The monoisotopic (exact) mass is 626 g/mol. The number of nitrogens with one attached hydrogen (secondary N) is 1. The van der Waals surface area contributed by atoms with Gasteiger partial charge in [0.15, 0.2) is 5.76 Å². The van der Waals surface area contributed by atoms with Crippen LogP contribution >= 0.6 is 0 Å². The Balaban J connectivity index is 1.64. The van der Waals surface area contributed by atoms with Crippen LogP contribution in [-0.4, -0.2) is 102 Å². The highest BCUT2D eigenvalue weighted by Gasteiger charge is 2.44. The van der Waals surface area contributed by atoms with E-state index in [0.717, 1.165) is 31.8 Å². The van der Waals surface area contributed by atoms with Gasteiger partial charge in [0.1, 0.15) is 53.1 Å². The quantitative estimate of drug-likeness (QED) is 0.209. The van der Waals surface area contributed by atoms with Crippen molar-refractivity contribution in [1.29, 1.82) is 0 Å². The molecule has 0 saturated carbocycles. The fourth-order valence-electron chi connectivity index (χ4n) is 5.47. The van der Waals surface area contributed by atoms with E-state index in [1.165, 1.54) is 20.1 Å². The summed E-state index contributed by atoms with van der Waals surface area (Å²) in [6, 6.07) is 8.15. The van der Waals surface area contributed by atoms with Crippen molar-refractivity contribution in [2.75, 3.05) is 46.4 Å². The van der Waals surface area contributed by atoms with Crippen molar-refractivity contribution >= 4 is 11.0 Å². The van der Waals surface area contributed by atoms with E-state index >= 15 is 0 Å². The van der Waals surface area contributed by atoms with Crippen molar-refractivity contribution in [3.8, 4) is 34.3 Å². The number of nitrogens with zero attached hydrogens (tertiary/aromatic N) is 1. The SMILES string of the molecule is COc1ccc(-c2oc3c(CC=C(C)C)c(OCCN4CCNCC4)cc(O)c3c(=O)c2O[C@H]2O[C@H](C)[C@@H](O)[C@H](O)[C@@H]2O)cc1. The van der Waals surface area contributed by atoms with Crippen LogP contribution in [0.25, 0.3) is 22.3 Å². The highest BCUT2D eigenvalue weighted by molar-refractivity contribution is 5.91. The number of ether oxygens (including phenoxy) is 4. The Hall–Kier alpha value is -3.65. The predicted molar refractivity (Wildman–Crippen MR) is 167 cm³/mol. The molecule has 0 amide bonds. The van der Waals surface area contributed by atoms with Crippen molar-refractivity contribution in [1.82, 2.24) is 10.2 Å². The van der Waals surface area contributed by atoms with Gasteiger partial charge in [-0.2, -0.15) is 0 Å². The van der Waals surface area contributed by atoms with Gasteiger partial charge in [-0.3, -0.25) is 9.69 Å². The summed E-state index contributed by atoms with van der Waals surface area (Å²) in [6.07, 6.45) is -4.71. The number of hydrogen-bond donors (Lipinski definition) is 5. The van der Waals surface area contributed by atoms with E-state index in [-0.39, 0.29) is 28.2 Å². The molecule has 2 fully saturated rings. The molecule has 5 N–H and O–H groups in total. The molecular weight excluding hydrogens is 584 g/mol. The molecule has 244 valence electrons. The lowest BCUT2D eigenvalue weighted by molar-refractivity contribution is -0.268. The first-order chi connectivity index (χ1) is 21.6. The highest BCUT2D eigenvalue weighted by atomic mass is 16.7. The minimum absolute atomic E-state index is 0.00929. The molecule has 0 aliphatic carbocycles. The van der Waals surface area contributed by atoms with E-state index in [1.807, 2.05) is 19.9 Å². The molecule has 0 spiro atoms. The number of hydrogen-bond acceptors (Lipinski definition) is 12. The van der Waals surface area contributed by atoms with Gasteiger partial charge in [-0.15, -0.1) is 0 Å². The van der Waals surface area contributed by atoms with Crippen molar-refractivity contribution in [2.24, 2.45) is 0 Å². The maximum Gasteiger partial charge on any atom is 0.239 e. The molecule has 0 bridgehead atoms. The first-order valence-electron chi connectivity index (χ1n) is 15.1. The van der Waals surface area contributed by atoms with Crippen LogP contribution in [0.4, 0.5) is 0 Å². The van der Waals surface area contributed by atoms with Gasteiger partial charge in [0.05, 0.1) is 13.2 Å². The number of fused-ring (bicyclic) bond motifs is 1. The number of phenolic OH excluding ortho intramolecular Hbond substituents is 1. The molecule has 5 rings (SSSR count). The number of aliphatic hydroxyl groups is 3. The van der Waals surface area contributed by atoms with Crippen LogP contribution in [0.2, 0.25) is 0 Å². The van der Waals surface area contributed by atoms with Crippen LogP contribution in [0.1, 0.15) is 26.3 Å². The number of methoxy groups -OCH3 is 1. The lowest BCUT2D eigenvalue weighted by Crippen LogP contribution is -2.58. The molecule has 12 nitrogen and oxygen atoms in total. The lowest BCUT2D eigenvalue weighted by Gasteiger charge is -2.38. The maximum atomic E-state index is 14.2. The van der Waals surface area contributed by atoms with E-state index < -0.39 is 36.1 Å². The number of allylic oxidation sites excluding steroid dienone is 2. The Bertz CT molecular complexity index is 1560. The van der Waals surface area contributed by atoms with Gasteiger partial charge < -0.3 is 49.1 Å². The maximum absolute atomic E-state index is 14.2. The molecule has 0 radical (unpaired) electrons. The number of aromatic hydroxyl groups is 1. The van der Waals surface area contributed by atoms with Gasteiger partial charge in [-0.1, -0.05) is 11.6 Å². The van der Waals surface area contributed by atoms with Gasteiger partial charge in [-0.25, -0.2) is 0 Å². The second-order valence-electron chi connectivity index (χ2n) is 11.6. The molecule has 12 heteroatoms. The summed E-state index contributed by atoms with van der Waals surface area (Å²) in [5, 5.41) is 45.6. The Morgan fingerprint density at radius 2 is 1.80 bits per heavy atom. The molecular formula is C33H42N2O10. The Morgan fingerprint density at radius 3 is 2.47 bits per heavy atom. The zero-order valence-electron chi connectivity index (χ0n) is 26.0. The van der Waals surface area contributed by atoms with E-state index in [2.05, 4.69) is 10.2 Å². The number of rotatable bonds is 10. The molecule has 1 aromatic heterocycles. The topological polar surface area (TPSA) is 163 Å². The zero-order valence-corrected chi connectivity index (χ0v) is 26.0. The van der Waals surface area contributed by atoms with Crippen molar-refractivity contribution in [3.63, 3.8) is 0 Å².